The number of benzene rings is 5. The highest BCUT2D eigenvalue weighted by molar-refractivity contribution is 7.85. The summed E-state index contributed by atoms with van der Waals surface area (Å²) in [5, 5.41) is 48.2. The van der Waals surface area contributed by atoms with E-state index in [2.05, 4.69) is 35.8 Å². The third-order valence-electron chi connectivity index (χ3n) is 8.17. The van der Waals surface area contributed by atoms with E-state index >= 15 is 0 Å². The number of aliphatic hydroxyl groups excluding tert-OH is 2. The molecule has 0 bridgehead atoms. The first kappa shape index (κ1) is 35.1. The minimum absolute atomic E-state index is 0.00447. The monoisotopic (exact) mass is 708 g/mol. The highest BCUT2D eigenvalue weighted by Gasteiger charge is 2.17. The molecule has 0 amide bonds. The summed E-state index contributed by atoms with van der Waals surface area (Å²) in [6.45, 7) is 5.49. The number of rotatable bonds is 12. The standard InChI is InChI=1S/C36H36N8O6S/c1-21-4-7-26(8-5-21)42-43-32-23(3)16-25-18-27(10-11-30(25)33(32)47)37-34-39-35(41-36(40-34)44(12-14-45)13-15-46)38-28-9-6-24-19-29(51(48,49)50)17-22(2)31(24)20-28/h4-11,16-20,45-47H,12-15H2,1-3H3,(H,48,49,50)(H2,37,38,39,40,41). The van der Waals surface area contributed by atoms with Gasteiger partial charge in [-0.05, 0) is 109 Å². The number of nitrogens with zero attached hydrogens (tertiary/aromatic N) is 6. The van der Waals surface area contributed by atoms with Crippen molar-refractivity contribution in [3.05, 3.63) is 95.6 Å². The Morgan fingerprint density at radius 2 is 1.35 bits per heavy atom. The maximum absolute atomic E-state index is 11.7. The quantitative estimate of drug-likeness (QED) is 0.0577. The highest BCUT2D eigenvalue weighted by Crippen LogP contribution is 2.40. The topological polar surface area (TPSA) is 206 Å². The maximum Gasteiger partial charge on any atom is 0.294 e. The van der Waals surface area contributed by atoms with Crippen LogP contribution in [0.5, 0.6) is 5.75 Å². The van der Waals surface area contributed by atoms with Gasteiger partial charge in [0.2, 0.25) is 17.8 Å². The van der Waals surface area contributed by atoms with Gasteiger partial charge in [0.25, 0.3) is 10.1 Å². The lowest BCUT2D eigenvalue weighted by atomic mass is 10.0. The Morgan fingerprint density at radius 3 is 2.00 bits per heavy atom. The number of aliphatic hydroxyl groups is 2. The van der Waals surface area contributed by atoms with Crippen molar-refractivity contribution in [3.63, 3.8) is 0 Å². The largest absolute Gasteiger partial charge is 0.505 e. The summed E-state index contributed by atoms with van der Waals surface area (Å²) in [5.74, 6) is 0.533. The maximum atomic E-state index is 11.7. The van der Waals surface area contributed by atoms with Crippen LogP contribution in [0.4, 0.5) is 40.6 Å². The molecule has 15 heteroatoms. The van der Waals surface area contributed by atoms with E-state index < -0.39 is 10.1 Å². The molecule has 1 heterocycles. The summed E-state index contributed by atoms with van der Waals surface area (Å²) >= 11 is 0. The van der Waals surface area contributed by atoms with Crippen molar-refractivity contribution < 1.29 is 28.3 Å². The molecule has 0 saturated heterocycles. The molecule has 0 saturated carbocycles. The molecule has 51 heavy (non-hydrogen) atoms. The number of hydrogen-bond donors (Lipinski definition) is 6. The molecule has 6 N–H and O–H groups in total. The summed E-state index contributed by atoms with van der Waals surface area (Å²) in [7, 11) is -4.37. The second-order valence-electron chi connectivity index (χ2n) is 12.0. The van der Waals surface area contributed by atoms with E-state index in [1.54, 1.807) is 42.2 Å². The Morgan fingerprint density at radius 1 is 0.706 bits per heavy atom. The van der Waals surface area contributed by atoms with E-state index in [4.69, 9.17) is 0 Å². The minimum Gasteiger partial charge on any atom is -0.505 e. The number of nitrogens with one attached hydrogen (secondary N) is 2. The van der Waals surface area contributed by atoms with Crippen LogP contribution >= 0.6 is 0 Å². The van der Waals surface area contributed by atoms with Gasteiger partial charge in [0.05, 0.1) is 23.8 Å². The van der Waals surface area contributed by atoms with Gasteiger partial charge in [0.1, 0.15) is 5.69 Å². The Kier molecular flexibility index (Phi) is 10.1. The molecule has 0 aliphatic carbocycles. The summed E-state index contributed by atoms with van der Waals surface area (Å²) in [6, 6.07) is 22.9. The fourth-order valence-corrected chi connectivity index (χ4v) is 6.20. The number of hydrogen-bond acceptors (Lipinski definition) is 13. The van der Waals surface area contributed by atoms with Crippen molar-refractivity contribution in [2.24, 2.45) is 10.2 Å². The lowest BCUT2D eigenvalue weighted by molar-refractivity contribution is 0.280. The molecule has 0 radical (unpaired) electrons. The Bertz CT molecular complexity index is 2380. The van der Waals surface area contributed by atoms with Crippen LogP contribution in [0.3, 0.4) is 0 Å². The molecule has 6 aromatic rings. The third-order valence-corrected chi connectivity index (χ3v) is 9.00. The van der Waals surface area contributed by atoms with Gasteiger partial charge in [0.15, 0.2) is 5.75 Å². The van der Waals surface area contributed by atoms with Crippen molar-refractivity contribution in [3.8, 4) is 5.75 Å². The zero-order valence-corrected chi connectivity index (χ0v) is 28.8. The van der Waals surface area contributed by atoms with Crippen molar-refractivity contribution in [1.82, 2.24) is 15.0 Å². The van der Waals surface area contributed by atoms with E-state index in [9.17, 15) is 28.3 Å². The van der Waals surface area contributed by atoms with Gasteiger partial charge in [-0.15, -0.1) is 5.11 Å². The molecular weight excluding hydrogens is 673 g/mol. The zero-order valence-electron chi connectivity index (χ0n) is 28.0. The van der Waals surface area contributed by atoms with Crippen LogP contribution < -0.4 is 15.5 Å². The van der Waals surface area contributed by atoms with Gasteiger partial charge in [0, 0.05) is 29.9 Å². The number of anilines is 5. The molecule has 0 fully saturated rings. The van der Waals surface area contributed by atoms with Gasteiger partial charge in [-0.3, -0.25) is 4.55 Å². The van der Waals surface area contributed by atoms with Crippen LogP contribution in [-0.4, -0.2) is 69.5 Å². The highest BCUT2D eigenvalue weighted by atomic mass is 32.2. The van der Waals surface area contributed by atoms with Gasteiger partial charge >= 0.3 is 0 Å². The van der Waals surface area contributed by atoms with E-state index in [0.29, 0.717) is 39.1 Å². The van der Waals surface area contributed by atoms with Crippen LogP contribution in [0.15, 0.2) is 94.0 Å². The Balaban J connectivity index is 1.33. The fraction of sp³-hybridized carbons (Fsp3) is 0.194. The van der Waals surface area contributed by atoms with Crippen molar-refractivity contribution >= 4 is 72.3 Å². The number of azo groups is 1. The molecule has 262 valence electrons. The molecule has 0 aliphatic heterocycles. The summed E-state index contributed by atoms with van der Waals surface area (Å²) in [6.07, 6.45) is 0. The molecule has 1 aromatic heterocycles. The Labute approximate surface area is 293 Å². The molecule has 6 rings (SSSR count). The molecule has 0 atom stereocenters. The van der Waals surface area contributed by atoms with Gasteiger partial charge in [-0.25, -0.2) is 0 Å². The van der Waals surface area contributed by atoms with Crippen LogP contribution in [0.1, 0.15) is 16.7 Å². The first-order chi connectivity index (χ1) is 24.4. The second kappa shape index (κ2) is 14.6. The first-order valence-corrected chi connectivity index (χ1v) is 17.4. The van der Waals surface area contributed by atoms with Gasteiger partial charge in [-0.1, -0.05) is 23.8 Å². The number of aryl methyl sites for hydroxylation is 3. The fourth-order valence-electron chi connectivity index (χ4n) is 5.60. The van der Waals surface area contributed by atoms with E-state index in [1.165, 1.54) is 12.1 Å². The first-order valence-electron chi connectivity index (χ1n) is 16.0. The van der Waals surface area contributed by atoms with Gasteiger partial charge < -0.3 is 30.9 Å². The van der Waals surface area contributed by atoms with Crippen LogP contribution in [-0.2, 0) is 10.1 Å². The number of aromatic nitrogens is 3. The number of phenolic OH excluding ortho intramolecular Hbond substituents is 1. The average molecular weight is 709 g/mol. The Hall–Kier alpha value is -5.74. The molecule has 0 aliphatic rings. The van der Waals surface area contributed by atoms with E-state index in [-0.39, 0.29) is 54.8 Å². The van der Waals surface area contributed by atoms with E-state index in [0.717, 1.165) is 21.9 Å². The third kappa shape index (κ3) is 8.02. The van der Waals surface area contributed by atoms with Crippen LogP contribution in [0.2, 0.25) is 0 Å². The summed E-state index contributed by atoms with van der Waals surface area (Å²) in [5.41, 5.74) is 4.73. The number of fused-ring (bicyclic) bond motifs is 2. The molecule has 0 spiro atoms. The van der Waals surface area contributed by atoms with Crippen molar-refractivity contribution in [1.29, 1.82) is 0 Å². The van der Waals surface area contributed by atoms with E-state index in [1.807, 2.05) is 50.2 Å². The minimum atomic E-state index is -4.37. The molecule has 14 nitrogen and oxygen atoms in total. The molecule has 0 unspecified atom stereocenters. The summed E-state index contributed by atoms with van der Waals surface area (Å²) in [4.78, 5) is 15.1. The zero-order chi connectivity index (χ0) is 36.3. The lowest BCUT2D eigenvalue weighted by Gasteiger charge is -2.21. The predicted molar refractivity (Wildman–Crippen MR) is 197 cm³/mol. The average Bonchev–Trinajstić information content (AvgIpc) is 3.08. The second-order valence-corrected chi connectivity index (χ2v) is 13.4. The molecular formula is C36H36N8O6S. The number of aromatic hydroxyl groups is 1. The van der Waals surface area contributed by atoms with Gasteiger partial charge in [-0.2, -0.15) is 28.5 Å². The van der Waals surface area contributed by atoms with Crippen molar-refractivity contribution in [2.45, 2.75) is 25.7 Å². The summed E-state index contributed by atoms with van der Waals surface area (Å²) < 4.78 is 33.0. The normalized spacial score (nSPS) is 11.8. The SMILES string of the molecule is Cc1ccc(N=Nc2c(C)cc3cc(Nc4nc(Nc5ccc6cc(S(=O)(=O)O)cc(C)c6c5)nc(N(CCO)CCO)n4)ccc3c2O)cc1. The molecule has 5 aromatic carbocycles. The smallest absolute Gasteiger partial charge is 0.294 e. The predicted octanol–water partition coefficient (Wildman–Crippen LogP) is 6.75. The van der Waals surface area contributed by atoms with Crippen LogP contribution in [0, 0.1) is 20.8 Å². The number of phenols is 1. The lowest BCUT2D eigenvalue weighted by Crippen LogP contribution is -2.31. The van der Waals surface area contributed by atoms with Crippen molar-refractivity contribution in [2.75, 3.05) is 41.8 Å². The van der Waals surface area contributed by atoms with Crippen LogP contribution in [0.25, 0.3) is 21.5 Å².